The lowest BCUT2D eigenvalue weighted by Gasteiger charge is -2.26. The number of rotatable bonds is 0. The first-order valence-electron chi connectivity index (χ1n) is 5.61. The number of hydrogen-bond acceptors (Lipinski definition) is 2. The summed E-state index contributed by atoms with van der Waals surface area (Å²) in [6, 6.07) is 0.867. The van der Waals surface area contributed by atoms with E-state index in [2.05, 4.69) is 21.0 Å². The van der Waals surface area contributed by atoms with Crippen molar-refractivity contribution in [1.82, 2.24) is 9.78 Å². The quantitative estimate of drug-likeness (QED) is 0.745. The van der Waals surface area contributed by atoms with Crippen molar-refractivity contribution in [2.45, 2.75) is 13.0 Å². The summed E-state index contributed by atoms with van der Waals surface area (Å²) in [6.07, 6.45) is 0.748. The second-order valence-corrected chi connectivity index (χ2v) is 5.47. The number of halogens is 3. The van der Waals surface area contributed by atoms with Gasteiger partial charge in [0.25, 0.3) is 0 Å². The number of anilines is 1. The Hall–Kier alpha value is -1.34. The van der Waals surface area contributed by atoms with Crippen molar-refractivity contribution in [1.29, 1.82) is 0 Å². The average Bonchev–Trinajstić information content (AvgIpc) is 2.73. The summed E-state index contributed by atoms with van der Waals surface area (Å²) in [5, 5.41) is 4.84. The van der Waals surface area contributed by atoms with Gasteiger partial charge >= 0.3 is 6.03 Å². The minimum absolute atomic E-state index is 0.0135. The fourth-order valence-electron chi connectivity index (χ4n) is 2.31. The molecule has 1 aromatic carbocycles. The number of nitrogens with two attached hydrogens (primary N) is 1. The van der Waals surface area contributed by atoms with Crippen LogP contribution in [0, 0.1) is 5.82 Å². The molecule has 2 heterocycles. The summed E-state index contributed by atoms with van der Waals surface area (Å²) < 4.78 is 15.7. The zero-order valence-electron chi connectivity index (χ0n) is 9.66. The van der Waals surface area contributed by atoms with Crippen LogP contribution in [-0.4, -0.2) is 22.4 Å². The second kappa shape index (κ2) is 4.35. The normalized spacial score (nSPS) is 14.8. The summed E-state index contributed by atoms with van der Waals surface area (Å²) >= 11 is 8.97. The maximum absolute atomic E-state index is 13.9. The second-order valence-electron chi connectivity index (χ2n) is 4.27. The van der Waals surface area contributed by atoms with Crippen molar-refractivity contribution in [2.75, 3.05) is 11.4 Å². The first-order valence-corrected chi connectivity index (χ1v) is 6.78. The van der Waals surface area contributed by atoms with Gasteiger partial charge in [0.1, 0.15) is 5.82 Å². The third kappa shape index (κ3) is 1.80. The SMILES string of the molecule is NC(=O)N1CCCn2nc3cc(Cl)c(F)c(Br)c3c21. The molecule has 1 aromatic heterocycles. The molecule has 0 saturated heterocycles. The van der Waals surface area contributed by atoms with E-state index >= 15 is 0 Å². The molecule has 1 aliphatic rings. The van der Waals surface area contributed by atoms with Crippen molar-refractivity contribution >= 4 is 50.3 Å². The highest BCUT2D eigenvalue weighted by atomic mass is 79.9. The topological polar surface area (TPSA) is 64.2 Å². The summed E-state index contributed by atoms with van der Waals surface area (Å²) in [6.45, 7) is 1.15. The Morgan fingerprint density at radius 1 is 1.53 bits per heavy atom. The van der Waals surface area contributed by atoms with Gasteiger partial charge in [-0.2, -0.15) is 5.10 Å². The largest absolute Gasteiger partial charge is 0.351 e. The lowest BCUT2D eigenvalue weighted by atomic mass is 10.2. The highest BCUT2D eigenvalue weighted by Crippen LogP contribution is 2.39. The summed E-state index contributed by atoms with van der Waals surface area (Å²) in [5.41, 5.74) is 5.89. The number of nitrogens with zero attached hydrogens (tertiary/aromatic N) is 3. The minimum Gasteiger partial charge on any atom is -0.351 e. The van der Waals surface area contributed by atoms with E-state index in [-0.39, 0.29) is 9.50 Å². The molecule has 0 atom stereocenters. The lowest BCUT2D eigenvalue weighted by molar-refractivity contribution is 0.252. The molecule has 2 N–H and O–H groups in total. The van der Waals surface area contributed by atoms with E-state index in [0.717, 1.165) is 6.42 Å². The number of aryl methyl sites for hydroxylation is 1. The fraction of sp³-hybridized carbons (Fsp3) is 0.273. The smallest absolute Gasteiger partial charge is 0.320 e. The van der Waals surface area contributed by atoms with Crippen LogP contribution in [0.15, 0.2) is 10.5 Å². The summed E-state index contributed by atoms with van der Waals surface area (Å²) in [5.74, 6) is -0.0591. The van der Waals surface area contributed by atoms with Crippen LogP contribution in [0.3, 0.4) is 0 Å². The third-order valence-electron chi connectivity index (χ3n) is 3.11. The molecule has 0 aliphatic carbocycles. The molecule has 1 aliphatic heterocycles. The summed E-state index contributed by atoms with van der Waals surface area (Å²) in [4.78, 5) is 12.9. The van der Waals surface area contributed by atoms with Crippen LogP contribution in [0.4, 0.5) is 15.0 Å². The number of carbonyl (C=O) groups excluding carboxylic acids is 1. The summed E-state index contributed by atoms with van der Waals surface area (Å²) in [7, 11) is 0. The van der Waals surface area contributed by atoms with Gasteiger partial charge in [0, 0.05) is 13.1 Å². The molecule has 2 aromatic rings. The van der Waals surface area contributed by atoms with E-state index in [4.69, 9.17) is 17.3 Å². The number of hydrogen-bond donors (Lipinski definition) is 1. The van der Waals surface area contributed by atoms with E-state index in [9.17, 15) is 9.18 Å². The molecule has 3 rings (SSSR count). The first kappa shape index (κ1) is 12.7. The molecule has 0 bridgehead atoms. The van der Waals surface area contributed by atoms with Crippen molar-refractivity contribution in [3.63, 3.8) is 0 Å². The number of urea groups is 1. The van der Waals surface area contributed by atoms with E-state index in [1.54, 1.807) is 4.68 Å². The Morgan fingerprint density at radius 3 is 2.95 bits per heavy atom. The number of carbonyl (C=O) groups is 1. The number of amides is 2. The third-order valence-corrected chi connectivity index (χ3v) is 4.13. The van der Waals surface area contributed by atoms with Crippen LogP contribution < -0.4 is 10.6 Å². The van der Waals surface area contributed by atoms with Gasteiger partial charge in [-0.05, 0) is 28.4 Å². The Bertz CT molecular complexity index is 702. The molecule has 0 unspecified atom stereocenters. The zero-order valence-corrected chi connectivity index (χ0v) is 12.0. The van der Waals surface area contributed by atoms with Crippen LogP contribution in [-0.2, 0) is 6.54 Å². The van der Waals surface area contributed by atoms with Crippen LogP contribution in [0.5, 0.6) is 0 Å². The predicted molar refractivity (Wildman–Crippen MR) is 73.9 cm³/mol. The highest BCUT2D eigenvalue weighted by Gasteiger charge is 2.28. The molecule has 0 saturated carbocycles. The van der Waals surface area contributed by atoms with Crippen LogP contribution in [0.1, 0.15) is 6.42 Å². The maximum Gasteiger partial charge on any atom is 0.320 e. The van der Waals surface area contributed by atoms with Crippen LogP contribution in [0.2, 0.25) is 5.02 Å². The monoisotopic (exact) mass is 346 g/mol. The lowest BCUT2D eigenvalue weighted by Crippen LogP contribution is -2.41. The number of benzene rings is 1. The van der Waals surface area contributed by atoms with Gasteiger partial charge in [-0.3, -0.25) is 4.90 Å². The molecule has 100 valence electrons. The highest BCUT2D eigenvalue weighted by molar-refractivity contribution is 9.10. The van der Waals surface area contributed by atoms with E-state index in [0.29, 0.717) is 29.8 Å². The van der Waals surface area contributed by atoms with Gasteiger partial charge in [0.2, 0.25) is 0 Å². The molecule has 5 nitrogen and oxygen atoms in total. The number of aromatic nitrogens is 2. The Kier molecular flexibility index (Phi) is 2.90. The van der Waals surface area contributed by atoms with Crippen LogP contribution >= 0.6 is 27.5 Å². The molecular formula is C11H9BrClFN4O. The fourth-order valence-corrected chi connectivity index (χ4v) is 3.22. The molecular weight excluding hydrogens is 339 g/mol. The molecule has 19 heavy (non-hydrogen) atoms. The molecule has 8 heteroatoms. The average molecular weight is 348 g/mol. The first-order chi connectivity index (χ1) is 9.00. The van der Waals surface area contributed by atoms with Gasteiger partial charge in [-0.25, -0.2) is 13.9 Å². The van der Waals surface area contributed by atoms with Gasteiger partial charge < -0.3 is 5.73 Å². The van der Waals surface area contributed by atoms with Crippen LogP contribution in [0.25, 0.3) is 10.9 Å². The molecule has 0 fully saturated rings. The van der Waals surface area contributed by atoms with Gasteiger partial charge in [-0.15, -0.1) is 0 Å². The van der Waals surface area contributed by atoms with Crippen molar-refractivity contribution < 1.29 is 9.18 Å². The number of fused-ring (bicyclic) bond motifs is 3. The van der Waals surface area contributed by atoms with Gasteiger partial charge in [-0.1, -0.05) is 11.6 Å². The van der Waals surface area contributed by atoms with E-state index in [1.807, 2.05) is 0 Å². The molecule has 2 amide bonds. The molecule has 0 spiro atoms. The van der Waals surface area contributed by atoms with Gasteiger partial charge in [0.15, 0.2) is 5.82 Å². The van der Waals surface area contributed by atoms with Gasteiger partial charge in [0.05, 0.1) is 20.4 Å². The Morgan fingerprint density at radius 2 is 2.26 bits per heavy atom. The Balaban J connectivity index is 2.38. The zero-order chi connectivity index (χ0) is 13.7. The van der Waals surface area contributed by atoms with Crippen molar-refractivity contribution in [3.05, 3.63) is 21.4 Å². The maximum atomic E-state index is 13.9. The minimum atomic E-state index is -0.579. The number of primary amides is 1. The van der Waals surface area contributed by atoms with E-state index in [1.165, 1.54) is 11.0 Å². The standard InChI is InChI=1S/C11H9BrClFN4O/c12-8-7-6(4-5(13)9(8)14)16-18-3-1-2-17(10(7)18)11(15)19/h4H,1-3H2,(H2,15,19). The Labute approximate surface area is 121 Å². The molecule has 0 radical (unpaired) electrons. The van der Waals surface area contributed by atoms with Crippen molar-refractivity contribution in [2.24, 2.45) is 5.73 Å². The van der Waals surface area contributed by atoms with Crippen molar-refractivity contribution in [3.8, 4) is 0 Å². The predicted octanol–water partition coefficient (Wildman–Crippen LogP) is 2.88. The van der Waals surface area contributed by atoms with E-state index < -0.39 is 11.8 Å².